The number of halogens is 4. The van der Waals surface area contributed by atoms with Crippen molar-refractivity contribution in [2.24, 2.45) is 0 Å². The number of anilines is 1. The van der Waals surface area contributed by atoms with E-state index in [0.717, 1.165) is 17.4 Å². The fourth-order valence-corrected chi connectivity index (χ4v) is 2.27. The minimum Gasteiger partial charge on any atom is -0.497 e. The molecule has 0 aliphatic heterocycles. The summed E-state index contributed by atoms with van der Waals surface area (Å²) < 4.78 is 43.5. The highest BCUT2D eigenvalue weighted by Crippen LogP contribution is 2.36. The molecule has 21 heavy (non-hydrogen) atoms. The molecule has 0 unspecified atom stereocenters. The molecule has 6 heteroatoms. The Morgan fingerprint density at radius 2 is 1.76 bits per heavy atom. The van der Waals surface area contributed by atoms with Gasteiger partial charge in [0.25, 0.3) is 0 Å². The summed E-state index contributed by atoms with van der Waals surface area (Å²) in [6.07, 6.45) is -4.38. The van der Waals surface area contributed by atoms with Gasteiger partial charge in [0.1, 0.15) is 5.75 Å². The molecule has 0 saturated carbocycles. The SMILES string of the molecule is COc1ccc(CNc2ccc(Br)c(C(F)(F)F)c2)cc1. The van der Waals surface area contributed by atoms with Crippen LogP contribution >= 0.6 is 15.9 Å². The Morgan fingerprint density at radius 3 is 2.33 bits per heavy atom. The summed E-state index contributed by atoms with van der Waals surface area (Å²) in [7, 11) is 1.58. The molecule has 0 aromatic heterocycles. The Labute approximate surface area is 129 Å². The number of ether oxygens (including phenoxy) is 1. The molecule has 1 N–H and O–H groups in total. The van der Waals surface area contributed by atoms with Gasteiger partial charge in [-0.25, -0.2) is 0 Å². The van der Waals surface area contributed by atoms with Crippen LogP contribution in [-0.4, -0.2) is 7.11 Å². The minimum atomic E-state index is -4.38. The maximum atomic E-state index is 12.8. The number of nitrogens with one attached hydrogen (secondary N) is 1. The molecule has 0 fully saturated rings. The summed E-state index contributed by atoms with van der Waals surface area (Å²) in [5.74, 6) is 0.738. The highest BCUT2D eigenvalue weighted by atomic mass is 79.9. The van der Waals surface area contributed by atoms with Crippen molar-refractivity contribution in [3.05, 3.63) is 58.1 Å². The maximum Gasteiger partial charge on any atom is 0.417 e. The molecule has 0 radical (unpaired) electrons. The molecule has 2 aromatic rings. The average Bonchev–Trinajstić information content (AvgIpc) is 2.45. The highest BCUT2D eigenvalue weighted by molar-refractivity contribution is 9.10. The molecule has 2 nitrogen and oxygen atoms in total. The fraction of sp³-hybridized carbons (Fsp3) is 0.200. The van der Waals surface area contributed by atoms with E-state index >= 15 is 0 Å². The molecule has 2 aromatic carbocycles. The van der Waals surface area contributed by atoms with Crippen molar-refractivity contribution in [1.82, 2.24) is 0 Å². The van der Waals surface area contributed by atoms with Gasteiger partial charge in [0.2, 0.25) is 0 Å². The Hall–Kier alpha value is -1.69. The van der Waals surface area contributed by atoms with E-state index in [2.05, 4.69) is 21.2 Å². The highest BCUT2D eigenvalue weighted by Gasteiger charge is 2.33. The van der Waals surface area contributed by atoms with Gasteiger partial charge >= 0.3 is 6.18 Å². The zero-order chi connectivity index (χ0) is 15.5. The van der Waals surface area contributed by atoms with Gasteiger partial charge in [-0.05, 0) is 35.9 Å². The zero-order valence-corrected chi connectivity index (χ0v) is 12.8. The van der Waals surface area contributed by atoms with E-state index in [9.17, 15) is 13.2 Å². The number of methoxy groups -OCH3 is 1. The maximum absolute atomic E-state index is 12.8. The van der Waals surface area contributed by atoms with Crippen molar-refractivity contribution >= 4 is 21.6 Å². The zero-order valence-electron chi connectivity index (χ0n) is 11.2. The second kappa shape index (κ2) is 6.39. The monoisotopic (exact) mass is 359 g/mol. The van der Waals surface area contributed by atoms with E-state index in [1.54, 1.807) is 25.3 Å². The summed E-state index contributed by atoms with van der Waals surface area (Å²) in [4.78, 5) is 0. The minimum absolute atomic E-state index is 0.0324. The number of alkyl halides is 3. The lowest BCUT2D eigenvalue weighted by Crippen LogP contribution is -2.07. The van der Waals surface area contributed by atoms with E-state index in [-0.39, 0.29) is 4.47 Å². The quantitative estimate of drug-likeness (QED) is 0.820. The van der Waals surface area contributed by atoms with Crippen LogP contribution in [0.15, 0.2) is 46.9 Å². The molecule has 0 aliphatic carbocycles. The first-order valence-electron chi connectivity index (χ1n) is 6.13. The topological polar surface area (TPSA) is 21.3 Å². The van der Waals surface area contributed by atoms with Gasteiger partial charge in [0.15, 0.2) is 0 Å². The van der Waals surface area contributed by atoms with E-state index in [1.807, 2.05) is 12.1 Å². The molecule has 2 rings (SSSR count). The van der Waals surface area contributed by atoms with E-state index in [4.69, 9.17) is 4.74 Å². The van der Waals surface area contributed by atoms with Gasteiger partial charge < -0.3 is 10.1 Å². The van der Waals surface area contributed by atoms with Crippen LogP contribution in [0.3, 0.4) is 0 Å². The van der Waals surface area contributed by atoms with Crippen LogP contribution in [0.2, 0.25) is 0 Å². The molecule has 0 spiro atoms. The van der Waals surface area contributed by atoms with Crippen LogP contribution in [0.5, 0.6) is 5.75 Å². The first-order chi connectivity index (χ1) is 9.90. The summed E-state index contributed by atoms with van der Waals surface area (Å²) in [5, 5.41) is 2.98. The molecule has 0 saturated heterocycles. The van der Waals surface area contributed by atoms with E-state index in [1.165, 1.54) is 6.07 Å². The smallest absolute Gasteiger partial charge is 0.417 e. The molecular formula is C15H13BrF3NO. The third-order valence-electron chi connectivity index (χ3n) is 2.93. The van der Waals surface area contributed by atoms with E-state index in [0.29, 0.717) is 12.2 Å². The second-order valence-electron chi connectivity index (χ2n) is 4.39. The van der Waals surface area contributed by atoms with Gasteiger partial charge in [-0.3, -0.25) is 0 Å². The largest absolute Gasteiger partial charge is 0.497 e. The van der Waals surface area contributed by atoms with E-state index < -0.39 is 11.7 Å². The van der Waals surface area contributed by atoms with Gasteiger partial charge in [-0.1, -0.05) is 28.1 Å². The first-order valence-corrected chi connectivity index (χ1v) is 6.93. The van der Waals surface area contributed by atoms with Crippen molar-refractivity contribution in [2.45, 2.75) is 12.7 Å². The Bertz CT molecular complexity index is 611. The molecule has 0 heterocycles. The van der Waals surface area contributed by atoms with Crippen LogP contribution in [-0.2, 0) is 12.7 Å². The molecule has 0 atom stereocenters. The van der Waals surface area contributed by atoms with Crippen molar-refractivity contribution in [1.29, 1.82) is 0 Å². The number of hydrogen-bond acceptors (Lipinski definition) is 2. The standard InChI is InChI=1S/C15H13BrF3NO/c1-21-12-5-2-10(3-6-12)9-20-11-4-7-14(16)13(8-11)15(17,18)19/h2-8,20H,9H2,1H3. The summed E-state index contributed by atoms with van der Waals surface area (Å²) in [5.41, 5.74) is 0.677. The normalized spacial score (nSPS) is 11.3. The number of hydrogen-bond donors (Lipinski definition) is 1. The van der Waals surface area contributed by atoms with Gasteiger partial charge in [0.05, 0.1) is 12.7 Å². The fourth-order valence-electron chi connectivity index (χ4n) is 1.80. The molecular weight excluding hydrogens is 347 g/mol. The van der Waals surface area contributed by atoms with Crippen LogP contribution in [0.4, 0.5) is 18.9 Å². The number of benzene rings is 2. The molecule has 0 bridgehead atoms. The van der Waals surface area contributed by atoms with Crippen LogP contribution < -0.4 is 10.1 Å². The lowest BCUT2D eigenvalue weighted by atomic mass is 10.1. The summed E-state index contributed by atoms with van der Waals surface area (Å²) in [6.45, 7) is 0.433. The van der Waals surface area contributed by atoms with Gasteiger partial charge in [-0.15, -0.1) is 0 Å². The third-order valence-corrected chi connectivity index (χ3v) is 3.62. The van der Waals surface area contributed by atoms with Crippen molar-refractivity contribution < 1.29 is 17.9 Å². The second-order valence-corrected chi connectivity index (χ2v) is 5.25. The number of rotatable bonds is 4. The van der Waals surface area contributed by atoms with Gasteiger partial charge in [0, 0.05) is 16.7 Å². The summed E-state index contributed by atoms with van der Waals surface area (Å²) >= 11 is 2.92. The Balaban J connectivity index is 2.09. The van der Waals surface area contributed by atoms with Crippen molar-refractivity contribution in [3.8, 4) is 5.75 Å². The Morgan fingerprint density at radius 1 is 1.10 bits per heavy atom. The molecule has 0 amide bonds. The lowest BCUT2D eigenvalue weighted by Gasteiger charge is -2.12. The first kappa shape index (κ1) is 15.7. The lowest BCUT2D eigenvalue weighted by molar-refractivity contribution is -0.138. The van der Waals surface area contributed by atoms with Crippen LogP contribution in [0.25, 0.3) is 0 Å². The predicted octanol–water partition coefficient (Wildman–Crippen LogP) is 5.09. The molecule has 0 aliphatic rings. The average molecular weight is 360 g/mol. The van der Waals surface area contributed by atoms with Crippen LogP contribution in [0, 0.1) is 0 Å². The van der Waals surface area contributed by atoms with Gasteiger partial charge in [-0.2, -0.15) is 13.2 Å². The third kappa shape index (κ3) is 4.14. The van der Waals surface area contributed by atoms with Crippen LogP contribution in [0.1, 0.15) is 11.1 Å². The van der Waals surface area contributed by atoms with Crippen molar-refractivity contribution in [3.63, 3.8) is 0 Å². The molecule has 112 valence electrons. The summed E-state index contributed by atoms with van der Waals surface area (Å²) in [6, 6.07) is 11.4. The van der Waals surface area contributed by atoms with Crippen molar-refractivity contribution in [2.75, 3.05) is 12.4 Å². The Kier molecular flexibility index (Phi) is 4.77. The predicted molar refractivity (Wildman–Crippen MR) is 79.5 cm³/mol.